The first-order chi connectivity index (χ1) is 8.96. The Kier molecular flexibility index (Phi) is 4.80. The Morgan fingerprint density at radius 2 is 2.11 bits per heavy atom. The van der Waals surface area contributed by atoms with Crippen LogP contribution >= 0.6 is 11.8 Å². The number of para-hydroxylation sites is 1. The van der Waals surface area contributed by atoms with Crippen LogP contribution in [0.1, 0.15) is 45.1 Å². The van der Waals surface area contributed by atoms with Gasteiger partial charge in [0.25, 0.3) is 0 Å². The topological polar surface area (TPSA) is 29.5 Å². The van der Waals surface area contributed by atoms with Crippen molar-refractivity contribution in [3.05, 3.63) is 29.8 Å². The van der Waals surface area contributed by atoms with Gasteiger partial charge in [0.1, 0.15) is 5.75 Å². The highest BCUT2D eigenvalue weighted by Gasteiger charge is 2.24. The second kappa shape index (κ2) is 6.19. The standard InChI is InChI=1S/C16H24O2S/c1-16(2,3)19-11-13(17)10-12-8-9-18-15-7-5-4-6-14(12)15/h4-7,12-13,17H,8-11H2,1-3H3. The molecule has 2 rings (SSSR count). The van der Waals surface area contributed by atoms with Crippen LogP contribution in [0.2, 0.25) is 0 Å². The van der Waals surface area contributed by atoms with E-state index in [1.807, 2.05) is 23.9 Å². The number of fused-ring (bicyclic) bond motifs is 1. The maximum Gasteiger partial charge on any atom is 0.122 e. The van der Waals surface area contributed by atoms with Gasteiger partial charge in [0.05, 0.1) is 12.7 Å². The predicted octanol–water partition coefficient (Wildman–Crippen LogP) is 3.84. The van der Waals surface area contributed by atoms with Gasteiger partial charge in [0.2, 0.25) is 0 Å². The smallest absolute Gasteiger partial charge is 0.122 e. The molecule has 19 heavy (non-hydrogen) atoms. The van der Waals surface area contributed by atoms with E-state index in [0.29, 0.717) is 5.92 Å². The lowest BCUT2D eigenvalue weighted by Gasteiger charge is -2.28. The molecule has 0 amide bonds. The number of rotatable bonds is 4. The lowest BCUT2D eigenvalue weighted by molar-refractivity contribution is 0.163. The van der Waals surface area contributed by atoms with Crippen molar-refractivity contribution in [3.63, 3.8) is 0 Å². The Labute approximate surface area is 120 Å². The molecule has 0 aliphatic carbocycles. The third-order valence-corrected chi connectivity index (χ3v) is 4.77. The van der Waals surface area contributed by atoms with Gasteiger partial charge in [0.15, 0.2) is 0 Å². The summed E-state index contributed by atoms with van der Waals surface area (Å²) >= 11 is 1.83. The summed E-state index contributed by atoms with van der Waals surface area (Å²) in [5, 5.41) is 10.2. The summed E-state index contributed by atoms with van der Waals surface area (Å²) in [6.07, 6.45) is 1.61. The number of thioether (sulfide) groups is 1. The van der Waals surface area contributed by atoms with Crippen molar-refractivity contribution in [3.8, 4) is 5.75 Å². The van der Waals surface area contributed by atoms with Gasteiger partial charge in [-0.25, -0.2) is 0 Å². The van der Waals surface area contributed by atoms with E-state index < -0.39 is 0 Å². The van der Waals surface area contributed by atoms with Crippen LogP contribution in [0.3, 0.4) is 0 Å². The quantitative estimate of drug-likeness (QED) is 0.909. The second-order valence-electron chi connectivity index (χ2n) is 6.18. The number of hydrogen-bond donors (Lipinski definition) is 1. The fourth-order valence-corrected chi connectivity index (χ4v) is 3.23. The maximum absolute atomic E-state index is 10.2. The van der Waals surface area contributed by atoms with Crippen LogP contribution in [-0.4, -0.2) is 28.3 Å². The molecule has 0 saturated carbocycles. The molecule has 0 aromatic heterocycles. The van der Waals surface area contributed by atoms with Crippen molar-refractivity contribution in [1.82, 2.24) is 0 Å². The van der Waals surface area contributed by atoms with E-state index >= 15 is 0 Å². The van der Waals surface area contributed by atoms with E-state index in [4.69, 9.17) is 4.74 Å². The average Bonchev–Trinajstić information content (AvgIpc) is 2.36. The van der Waals surface area contributed by atoms with Gasteiger partial charge in [-0.1, -0.05) is 39.0 Å². The van der Waals surface area contributed by atoms with Crippen LogP contribution in [0.25, 0.3) is 0 Å². The van der Waals surface area contributed by atoms with E-state index in [0.717, 1.165) is 31.0 Å². The van der Waals surface area contributed by atoms with Gasteiger partial charge < -0.3 is 9.84 Å². The lowest BCUT2D eigenvalue weighted by atomic mass is 9.88. The summed E-state index contributed by atoms with van der Waals surface area (Å²) in [4.78, 5) is 0. The summed E-state index contributed by atoms with van der Waals surface area (Å²) in [6.45, 7) is 7.33. The second-order valence-corrected chi connectivity index (χ2v) is 8.03. The Bertz CT molecular complexity index is 411. The van der Waals surface area contributed by atoms with Crippen molar-refractivity contribution < 1.29 is 9.84 Å². The zero-order valence-corrected chi connectivity index (χ0v) is 12.9. The third kappa shape index (κ3) is 4.43. The molecule has 2 nitrogen and oxygen atoms in total. The Morgan fingerprint density at radius 1 is 1.37 bits per heavy atom. The fourth-order valence-electron chi connectivity index (χ4n) is 2.40. The minimum absolute atomic E-state index is 0.217. The zero-order valence-electron chi connectivity index (χ0n) is 12.1. The Hall–Kier alpha value is -0.670. The molecule has 0 saturated heterocycles. The molecule has 2 unspecified atom stereocenters. The average molecular weight is 280 g/mol. The van der Waals surface area contributed by atoms with Crippen LogP contribution in [0.15, 0.2) is 24.3 Å². The van der Waals surface area contributed by atoms with Crippen molar-refractivity contribution in [1.29, 1.82) is 0 Å². The first-order valence-corrected chi connectivity index (χ1v) is 7.98. The molecule has 0 bridgehead atoms. The number of aliphatic hydroxyl groups is 1. The van der Waals surface area contributed by atoms with Crippen molar-refractivity contribution in [2.45, 2.75) is 50.4 Å². The molecule has 1 aromatic carbocycles. The SMILES string of the molecule is CC(C)(C)SCC(O)CC1CCOc2ccccc21. The summed E-state index contributed by atoms with van der Waals surface area (Å²) in [5.41, 5.74) is 1.26. The van der Waals surface area contributed by atoms with Gasteiger partial charge in [-0.2, -0.15) is 11.8 Å². The van der Waals surface area contributed by atoms with Crippen LogP contribution in [0, 0.1) is 0 Å². The summed E-state index contributed by atoms with van der Waals surface area (Å²) in [5.74, 6) is 2.23. The largest absolute Gasteiger partial charge is 0.493 e. The van der Waals surface area contributed by atoms with E-state index in [2.05, 4.69) is 32.9 Å². The first kappa shape index (κ1) is 14.7. The van der Waals surface area contributed by atoms with Crippen LogP contribution in [0.5, 0.6) is 5.75 Å². The van der Waals surface area contributed by atoms with E-state index in [1.165, 1.54) is 5.56 Å². The van der Waals surface area contributed by atoms with Crippen LogP contribution < -0.4 is 4.74 Å². The van der Waals surface area contributed by atoms with Gasteiger partial charge in [-0.3, -0.25) is 0 Å². The molecule has 106 valence electrons. The zero-order chi connectivity index (χ0) is 13.9. The van der Waals surface area contributed by atoms with Gasteiger partial charge in [-0.15, -0.1) is 0 Å². The van der Waals surface area contributed by atoms with Crippen molar-refractivity contribution >= 4 is 11.8 Å². The number of aliphatic hydroxyl groups excluding tert-OH is 1. The number of hydrogen-bond acceptors (Lipinski definition) is 3. The minimum Gasteiger partial charge on any atom is -0.493 e. The molecule has 1 aliphatic rings. The van der Waals surface area contributed by atoms with E-state index in [9.17, 15) is 5.11 Å². The van der Waals surface area contributed by atoms with Crippen molar-refractivity contribution in [2.24, 2.45) is 0 Å². The number of benzene rings is 1. The Balaban J connectivity index is 1.93. The molecule has 2 atom stereocenters. The predicted molar refractivity (Wildman–Crippen MR) is 82.1 cm³/mol. The maximum atomic E-state index is 10.2. The monoisotopic (exact) mass is 280 g/mol. The summed E-state index contributed by atoms with van der Waals surface area (Å²) < 4.78 is 5.88. The Morgan fingerprint density at radius 3 is 2.84 bits per heavy atom. The van der Waals surface area contributed by atoms with E-state index in [1.54, 1.807) is 0 Å². The van der Waals surface area contributed by atoms with Gasteiger partial charge in [0, 0.05) is 10.5 Å². The number of ether oxygens (including phenoxy) is 1. The molecule has 0 spiro atoms. The first-order valence-electron chi connectivity index (χ1n) is 6.99. The molecule has 1 N–H and O–H groups in total. The van der Waals surface area contributed by atoms with Crippen molar-refractivity contribution in [2.75, 3.05) is 12.4 Å². The summed E-state index contributed by atoms with van der Waals surface area (Å²) in [7, 11) is 0. The third-order valence-electron chi connectivity index (χ3n) is 3.35. The lowest BCUT2D eigenvalue weighted by Crippen LogP contribution is -2.22. The summed E-state index contributed by atoms with van der Waals surface area (Å²) in [6, 6.07) is 8.21. The molecular weight excluding hydrogens is 256 g/mol. The van der Waals surface area contributed by atoms with Gasteiger partial charge in [-0.05, 0) is 30.4 Å². The molecule has 0 radical (unpaired) electrons. The van der Waals surface area contributed by atoms with Crippen LogP contribution in [0.4, 0.5) is 0 Å². The normalized spacial score (nSPS) is 20.5. The minimum atomic E-state index is -0.236. The fraction of sp³-hybridized carbons (Fsp3) is 0.625. The van der Waals surface area contributed by atoms with Crippen LogP contribution in [-0.2, 0) is 0 Å². The highest BCUT2D eigenvalue weighted by molar-refractivity contribution is 8.00. The molecule has 3 heteroatoms. The van der Waals surface area contributed by atoms with Gasteiger partial charge >= 0.3 is 0 Å². The molecule has 1 aliphatic heterocycles. The molecular formula is C16H24O2S. The highest BCUT2D eigenvalue weighted by atomic mass is 32.2. The molecule has 1 heterocycles. The molecule has 0 fully saturated rings. The highest BCUT2D eigenvalue weighted by Crippen LogP contribution is 2.37. The van der Waals surface area contributed by atoms with E-state index in [-0.39, 0.29) is 10.9 Å². The molecule has 1 aromatic rings.